The van der Waals surface area contributed by atoms with Gasteiger partial charge in [0, 0.05) is 18.7 Å². The van der Waals surface area contributed by atoms with Crippen molar-refractivity contribution in [2.75, 3.05) is 12.4 Å². The highest BCUT2D eigenvalue weighted by Crippen LogP contribution is 2.37. The predicted octanol–water partition coefficient (Wildman–Crippen LogP) is 3.12. The molecule has 0 unspecified atom stereocenters. The van der Waals surface area contributed by atoms with E-state index >= 15 is 0 Å². The van der Waals surface area contributed by atoms with Crippen molar-refractivity contribution >= 4 is 22.4 Å². The predicted molar refractivity (Wildman–Crippen MR) is 92.0 cm³/mol. The molecule has 4 aromatic rings. The van der Waals surface area contributed by atoms with Crippen molar-refractivity contribution in [2.45, 2.75) is 25.2 Å². The minimum absolute atomic E-state index is 0.416. The molecule has 7 nitrogen and oxygen atoms in total. The average Bonchev–Trinajstić information content (AvgIpc) is 3.17. The number of fused-ring (bicyclic) bond motifs is 2. The Morgan fingerprint density at radius 2 is 2.20 bits per heavy atom. The van der Waals surface area contributed by atoms with E-state index in [0.29, 0.717) is 28.5 Å². The first-order chi connectivity index (χ1) is 12.2. The van der Waals surface area contributed by atoms with E-state index in [-0.39, 0.29) is 0 Å². The number of hydrogen-bond donors (Lipinski definition) is 2. The molecule has 0 radical (unpaired) electrons. The van der Waals surface area contributed by atoms with Gasteiger partial charge in [0.1, 0.15) is 17.0 Å². The molecule has 1 fully saturated rings. The van der Waals surface area contributed by atoms with Gasteiger partial charge in [0.2, 0.25) is 5.82 Å². The van der Waals surface area contributed by atoms with E-state index in [9.17, 15) is 4.39 Å². The molecule has 0 saturated heterocycles. The largest absolute Gasteiger partial charge is 0.371 e. The van der Waals surface area contributed by atoms with Crippen molar-refractivity contribution in [1.82, 2.24) is 29.8 Å². The number of aromatic amines is 1. The number of rotatable bonds is 3. The Labute approximate surface area is 142 Å². The zero-order valence-electron chi connectivity index (χ0n) is 13.6. The van der Waals surface area contributed by atoms with Crippen LogP contribution in [0.25, 0.3) is 28.1 Å². The Hall–Kier alpha value is -3.03. The minimum Gasteiger partial charge on any atom is -0.371 e. The van der Waals surface area contributed by atoms with Crippen molar-refractivity contribution < 1.29 is 4.39 Å². The molecule has 0 spiro atoms. The van der Waals surface area contributed by atoms with E-state index in [1.807, 2.05) is 17.6 Å². The van der Waals surface area contributed by atoms with Crippen LogP contribution in [0.3, 0.4) is 0 Å². The van der Waals surface area contributed by atoms with Gasteiger partial charge in [-0.3, -0.25) is 5.10 Å². The summed E-state index contributed by atoms with van der Waals surface area (Å²) in [4.78, 5) is 8.60. The highest BCUT2D eigenvalue weighted by atomic mass is 19.1. The summed E-state index contributed by atoms with van der Waals surface area (Å²) in [5.74, 6) is 1.27. The van der Waals surface area contributed by atoms with Gasteiger partial charge in [-0.05, 0) is 31.0 Å². The number of H-pyrrole nitrogens is 1. The smallest absolute Gasteiger partial charge is 0.203 e. The molecule has 1 aliphatic carbocycles. The Bertz CT molecular complexity index is 1090. The van der Waals surface area contributed by atoms with Crippen molar-refractivity contribution in [3.05, 3.63) is 35.9 Å². The van der Waals surface area contributed by atoms with Crippen LogP contribution in [0.5, 0.6) is 0 Å². The van der Waals surface area contributed by atoms with Gasteiger partial charge in [-0.2, -0.15) is 5.10 Å². The molecule has 1 aliphatic rings. The van der Waals surface area contributed by atoms with E-state index in [1.54, 1.807) is 0 Å². The third-order valence-electron chi connectivity index (χ3n) is 4.89. The van der Waals surface area contributed by atoms with Gasteiger partial charge in [-0.15, -0.1) is 5.10 Å². The quantitative estimate of drug-likeness (QED) is 0.600. The Balaban J connectivity index is 1.76. The first-order valence-corrected chi connectivity index (χ1v) is 8.32. The summed E-state index contributed by atoms with van der Waals surface area (Å²) in [6.07, 6.45) is 4.78. The first kappa shape index (κ1) is 14.3. The van der Waals surface area contributed by atoms with Crippen LogP contribution in [-0.4, -0.2) is 36.8 Å². The van der Waals surface area contributed by atoms with Crippen molar-refractivity contribution in [3.63, 3.8) is 0 Å². The Morgan fingerprint density at radius 3 is 2.96 bits per heavy atom. The first-order valence-electron chi connectivity index (χ1n) is 8.32. The molecule has 126 valence electrons. The van der Waals surface area contributed by atoms with Crippen LogP contribution in [0.15, 0.2) is 24.4 Å². The summed E-state index contributed by atoms with van der Waals surface area (Å²) in [5.41, 5.74) is 3.12. The zero-order valence-corrected chi connectivity index (χ0v) is 13.6. The van der Waals surface area contributed by atoms with E-state index < -0.39 is 5.82 Å². The lowest BCUT2D eigenvalue weighted by Gasteiger charge is -2.25. The van der Waals surface area contributed by atoms with Crippen LogP contribution in [0.1, 0.15) is 30.9 Å². The number of nitrogens with one attached hydrogen (secondary N) is 2. The molecule has 0 atom stereocenters. The number of nitrogens with zero attached hydrogens (tertiary/aromatic N) is 5. The molecule has 2 N–H and O–H groups in total. The maximum atomic E-state index is 13.6. The highest BCUT2D eigenvalue weighted by Gasteiger charge is 2.24. The lowest BCUT2D eigenvalue weighted by molar-refractivity contribution is 0.405. The standard InChI is InChI=1S/C17H16FN7/c1-19-16-13-6-5-12(9-3-2-4-9)25(13)24-17(21-16)14-11-7-10(18)8-20-15(11)23-22-14/h5-9H,2-4H2,1H3,(H,19,21,24)(H,20,22,23). The van der Waals surface area contributed by atoms with Crippen molar-refractivity contribution in [1.29, 1.82) is 0 Å². The SMILES string of the molecule is CNc1nc(-c2n[nH]c3ncc(F)cc23)nn2c(C3CCC3)ccc12. The van der Waals surface area contributed by atoms with Gasteiger partial charge in [0.15, 0.2) is 11.5 Å². The highest BCUT2D eigenvalue weighted by molar-refractivity contribution is 5.89. The third-order valence-corrected chi connectivity index (χ3v) is 4.89. The second-order valence-electron chi connectivity index (χ2n) is 6.34. The van der Waals surface area contributed by atoms with E-state index in [4.69, 9.17) is 5.10 Å². The minimum atomic E-state index is -0.416. The average molecular weight is 337 g/mol. The molecule has 8 heteroatoms. The molecule has 1 saturated carbocycles. The molecule has 25 heavy (non-hydrogen) atoms. The molecule has 4 heterocycles. The van der Waals surface area contributed by atoms with E-state index in [2.05, 4.69) is 31.5 Å². The van der Waals surface area contributed by atoms with Crippen LogP contribution in [0, 0.1) is 5.82 Å². The topological polar surface area (TPSA) is 83.8 Å². The lowest BCUT2D eigenvalue weighted by atomic mass is 9.83. The fourth-order valence-corrected chi connectivity index (χ4v) is 3.36. The molecular weight excluding hydrogens is 321 g/mol. The van der Waals surface area contributed by atoms with Gasteiger partial charge >= 0.3 is 0 Å². The Kier molecular flexibility index (Phi) is 3.00. The summed E-state index contributed by atoms with van der Waals surface area (Å²) in [7, 11) is 1.83. The number of pyridine rings is 1. The fourth-order valence-electron chi connectivity index (χ4n) is 3.36. The molecule has 0 bridgehead atoms. The lowest BCUT2D eigenvalue weighted by Crippen LogP contribution is -2.13. The second kappa shape index (κ2) is 5.23. The van der Waals surface area contributed by atoms with E-state index in [1.165, 1.54) is 31.0 Å². The van der Waals surface area contributed by atoms with Gasteiger partial charge in [-0.25, -0.2) is 18.9 Å². The van der Waals surface area contributed by atoms with Crippen LogP contribution in [0.4, 0.5) is 10.2 Å². The second-order valence-corrected chi connectivity index (χ2v) is 6.34. The number of hydrogen-bond acceptors (Lipinski definition) is 5. The molecular formula is C17H16FN7. The summed E-state index contributed by atoms with van der Waals surface area (Å²) >= 11 is 0. The molecule has 0 amide bonds. The monoisotopic (exact) mass is 337 g/mol. The van der Waals surface area contributed by atoms with Gasteiger partial charge in [0.25, 0.3) is 0 Å². The van der Waals surface area contributed by atoms with Crippen molar-refractivity contribution in [3.8, 4) is 11.5 Å². The van der Waals surface area contributed by atoms with Crippen molar-refractivity contribution in [2.24, 2.45) is 0 Å². The summed E-state index contributed by atoms with van der Waals surface area (Å²) in [6.45, 7) is 0. The molecule has 0 aromatic carbocycles. The third kappa shape index (κ3) is 2.10. The van der Waals surface area contributed by atoms with Gasteiger partial charge < -0.3 is 5.32 Å². The summed E-state index contributed by atoms with van der Waals surface area (Å²) < 4.78 is 15.6. The van der Waals surface area contributed by atoms with Gasteiger partial charge in [0.05, 0.1) is 11.6 Å². The summed E-state index contributed by atoms with van der Waals surface area (Å²) in [5, 5.41) is 15.5. The van der Waals surface area contributed by atoms with Crippen LogP contribution < -0.4 is 5.32 Å². The molecule has 0 aliphatic heterocycles. The Morgan fingerprint density at radius 1 is 1.32 bits per heavy atom. The van der Waals surface area contributed by atoms with Crippen LogP contribution in [0.2, 0.25) is 0 Å². The number of anilines is 1. The number of halogens is 1. The molecule has 5 rings (SSSR count). The summed E-state index contributed by atoms with van der Waals surface area (Å²) in [6, 6.07) is 5.55. The van der Waals surface area contributed by atoms with Crippen LogP contribution >= 0.6 is 0 Å². The van der Waals surface area contributed by atoms with Crippen LogP contribution in [-0.2, 0) is 0 Å². The maximum Gasteiger partial charge on any atom is 0.203 e. The number of aromatic nitrogens is 6. The van der Waals surface area contributed by atoms with E-state index in [0.717, 1.165) is 17.5 Å². The van der Waals surface area contributed by atoms with Gasteiger partial charge in [-0.1, -0.05) is 6.42 Å². The molecule has 4 aromatic heterocycles. The zero-order chi connectivity index (χ0) is 17.0. The normalized spacial score (nSPS) is 15.0. The maximum absolute atomic E-state index is 13.6. The fraction of sp³-hybridized carbons (Fsp3) is 0.294.